The Morgan fingerprint density at radius 2 is 1.89 bits per heavy atom. The van der Waals surface area contributed by atoms with E-state index in [1.807, 2.05) is 0 Å². The van der Waals surface area contributed by atoms with Crippen molar-refractivity contribution in [3.05, 3.63) is 47.7 Å². The standard InChI is InChI=1S/C14H13F3N2/c1-9-12(18)5-6-13(19-9)11-4-2-3-10(7-11)8-14(15,16)17/h2-7H,8,18H2,1H3. The Bertz CT molecular complexity index is 591. The van der Waals surface area contributed by atoms with E-state index in [4.69, 9.17) is 5.73 Å². The molecule has 2 N–H and O–H groups in total. The number of nitrogen functional groups attached to an aromatic ring is 1. The summed E-state index contributed by atoms with van der Waals surface area (Å²) in [5, 5.41) is 0. The zero-order valence-electron chi connectivity index (χ0n) is 10.3. The Kier molecular flexibility index (Phi) is 3.46. The summed E-state index contributed by atoms with van der Waals surface area (Å²) in [5.74, 6) is 0. The molecule has 0 spiro atoms. The van der Waals surface area contributed by atoms with E-state index in [9.17, 15) is 13.2 Å². The summed E-state index contributed by atoms with van der Waals surface area (Å²) in [6.45, 7) is 1.76. The van der Waals surface area contributed by atoms with E-state index in [-0.39, 0.29) is 5.56 Å². The van der Waals surface area contributed by atoms with Gasteiger partial charge in [-0.15, -0.1) is 0 Å². The van der Waals surface area contributed by atoms with Gasteiger partial charge >= 0.3 is 6.18 Å². The van der Waals surface area contributed by atoms with Crippen LogP contribution in [0.5, 0.6) is 0 Å². The predicted octanol–water partition coefficient (Wildman–Crippen LogP) is 3.74. The smallest absolute Gasteiger partial charge is 0.393 e. The number of rotatable bonds is 2. The number of benzene rings is 1. The molecule has 0 aliphatic heterocycles. The van der Waals surface area contributed by atoms with Crippen molar-refractivity contribution in [3.8, 4) is 11.3 Å². The monoisotopic (exact) mass is 266 g/mol. The van der Waals surface area contributed by atoms with E-state index in [0.717, 1.165) is 0 Å². The first-order valence-corrected chi connectivity index (χ1v) is 5.74. The van der Waals surface area contributed by atoms with E-state index >= 15 is 0 Å². The minimum atomic E-state index is -4.21. The van der Waals surface area contributed by atoms with Crippen molar-refractivity contribution in [2.45, 2.75) is 19.5 Å². The van der Waals surface area contributed by atoms with Gasteiger partial charge in [0.1, 0.15) is 0 Å². The third kappa shape index (κ3) is 3.47. The normalized spacial score (nSPS) is 11.6. The first-order chi connectivity index (χ1) is 8.85. The van der Waals surface area contributed by atoms with E-state index in [1.165, 1.54) is 12.1 Å². The first-order valence-electron chi connectivity index (χ1n) is 5.74. The molecular formula is C14H13F3N2. The third-order valence-corrected chi connectivity index (χ3v) is 2.75. The zero-order chi connectivity index (χ0) is 14.0. The Morgan fingerprint density at radius 1 is 1.16 bits per heavy atom. The fourth-order valence-electron chi connectivity index (χ4n) is 1.80. The van der Waals surface area contributed by atoms with Crippen molar-refractivity contribution in [1.29, 1.82) is 0 Å². The molecule has 0 bridgehead atoms. The fraction of sp³-hybridized carbons (Fsp3) is 0.214. The second-order valence-electron chi connectivity index (χ2n) is 4.36. The Labute approximate surface area is 109 Å². The van der Waals surface area contributed by atoms with Crippen LogP contribution in [0.1, 0.15) is 11.3 Å². The maximum Gasteiger partial charge on any atom is 0.393 e. The lowest BCUT2D eigenvalue weighted by Gasteiger charge is -2.09. The summed E-state index contributed by atoms with van der Waals surface area (Å²) in [5.41, 5.74) is 8.40. The highest BCUT2D eigenvalue weighted by Crippen LogP contribution is 2.25. The highest BCUT2D eigenvalue weighted by molar-refractivity contribution is 5.62. The molecule has 1 aromatic heterocycles. The SMILES string of the molecule is Cc1nc(-c2cccc(CC(F)(F)F)c2)ccc1N. The van der Waals surface area contributed by atoms with E-state index in [0.29, 0.717) is 22.6 Å². The van der Waals surface area contributed by atoms with Crippen LogP contribution in [0, 0.1) is 6.92 Å². The second kappa shape index (κ2) is 4.91. The maximum atomic E-state index is 12.4. The lowest BCUT2D eigenvalue weighted by molar-refractivity contribution is -0.127. The van der Waals surface area contributed by atoms with Gasteiger partial charge in [-0.05, 0) is 30.7 Å². The number of aryl methyl sites for hydroxylation is 1. The topological polar surface area (TPSA) is 38.9 Å². The fourth-order valence-corrected chi connectivity index (χ4v) is 1.80. The van der Waals surface area contributed by atoms with Crippen molar-refractivity contribution in [2.75, 3.05) is 5.73 Å². The maximum absolute atomic E-state index is 12.4. The van der Waals surface area contributed by atoms with Crippen LogP contribution in [-0.2, 0) is 6.42 Å². The molecule has 0 saturated heterocycles. The number of nitrogens with two attached hydrogens (primary N) is 1. The molecule has 2 rings (SSSR count). The highest BCUT2D eigenvalue weighted by Gasteiger charge is 2.27. The Balaban J connectivity index is 2.35. The number of nitrogens with zero attached hydrogens (tertiary/aromatic N) is 1. The van der Waals surface area contributed by atoms with E-state index in [1.54, 1.807) is 31.2 Å². The van der Waals surface area contributed by atoms with Gasteiger partial charge in [0, 0.05) is 5.56 Å². The number of hydrogen-bond acceptors (Lipinski definition) is 2. The van der Waals surface area contributed by atoms with Crippen LogP contribution in [-0.4, -0.2) is 11.2 Å². The molecule has 0 amide bonds. The predicted molar refractivity (Wildman–Crippen MR) is 68.6 cm³/mol. The van der Waals surface area contributed by atoms with Crippen LogP contribution in [0.15, 0.2) is 36.4 Å². The number of hydrogen-bond donors (Lipinski definition) is 1. The second-order valence-corrected chi connectivity index (χ2v) is 4.36. The summed E-state index contributed by atoms with van der Waals surface area (Å²) in [6, 6.07) is 9.71. The number of halogens is 3. The van der Waals surface area contributed by atoms with Crippen LogP contribution in [0.4, 0.5) is 18.9 Å². The minimum absolute atomic E-state index is 0.223. The van der Waals surface area contributed by atoms with Crippen molar-refractivity contribution in [1.82, 2.24) is 4.98 Å². The molecule has 0 aliphatic rings. The van der Waals surface area contributed by atoms with Gasteiger partial charge in [0.05, 0.1) is 23.5 Å². The van der Waals surface area contributed by atoms with Crippen molar-refractivity contribution in [3.63, 3.8) is 0 Å². The van der Waals surface area contributed by atoms with Crippen molar-refractivity contribution >= 4 is 5.69 Å². The number of alkyl halides is 3. The minimum Gasteiger partial charge on any atom is -0.397 e. The van der Waals surface area contributed by atoms with Crippen LogP contribution in [0.3, 0.4) is 0 Å². The number of aromatic nitrogens is 1. The molecule has 2 aromatic rings. The molecule has 0 unspecified atom stereocenters. The molecule has 0 saturated carbocycles. The van der Waals surface area contributed by atoms with Crippen LogP contribution >= 0.6 is 0 Å². The Morgan fingerprint density at radius 3 is 2.53 bits per heavy atom. The van der Waals surface area contributed by atoms with Crippen LogP contribution < -0.4 is 5.73 Å². The molecule has 1 aromatic carbocycles. The molecule has 5 heteroatoms. The lowest BCUT2D eigenvalue weighted by atomic mass is 10.0. The summed E-state index contributed by atoms with van der Waals surface area (Å²) in [4.78, 5) is 4.27. The number of pyridine rings is 1. The summed E-state index contributed by atoms with van der Waals surface area (Å²) in [7, 11) is 0. The van der Waals surface area contributed by atoms with Gasteiger partial charge in [0.2, 0.25) is 0 Å². The summed E-state index contributed by atoms with van der Waals surface area (Å²) < 4.78 is 37.1. The van der Waals surface area contributed by atoms with E-state index in [2.05, 4.69) is 4.98 Å². The Hall–Kier alpha value is -2.04. The van der Waals surface area contributed by atoms with Crippen molar-refractivity contribution < 1.29 is 13.2 Å². The average Bonchev–Trinajstić information content (AvgIpc) is 2.31. The molecule has 100 valence electrons. The van der Waals surface area contributed by atoms with Gasteiger partial charge in [-0.3, -0.25) is 4.98 Å². The van der Waals surface area contributed by atoms with E-state index < -0.39 is 12.6 Å². The van der Waals surface area contributed by atoms with Crippen LogP contribution in [0.25, 0.3) is 11.3 Å². The van der Waals surface area contributed by atoms with Gasteiger partial charge in [0.25, 0.3) is 0 Å². The molecule has 19 heavy (non-hydrogen) atoms. The molecule has 0 atom stereocenters. The molecule has 0 aliphatic carbocycles. The largest absolute Gasteiger partial charge is 0.397 e. The van der Waals surface area contributed by atoms with Crippen molar-refractivity contribution in [2.24, 2.45) is 0 Å². The van der Waals surface area contributed by atoms with Gasteiger partial charge in [-0.1, -0.05) is 18.2 Å². The van der Waals surface area contributed by atoms with Crippen LogP contribution in [0.2, 0.25) is 0 Å². The third-order valence-electron chi connectivity index (χ3n) is 2.75. The molecular weight excluding hydrogens is 253 g/mol. The van der Waals surface area contributed by atoms with Gasteiger partial charge < -0.3 is 5.73 Å². The zero-order valence-corrected chi connectivity index (χ0v) is 10.3. The van der Waals surface area contributed by atoms with Gasteiger partial charge in [-0.25, -0.2) is 0 Å². The summed E-state index contributed by atoms with van der Waals surface area (Å²) in [6.07, 6.45) is -5.14. The summed E-state index contributed by atoms with van der Waals surface area (Å²) >= 11 is 0. The first kappa shape index (κ1) is 13.4. The highest BCUT2D eigenvalue weighted by atomic mass is 19.4. The molecule has 1 heterocycles. The molecule has 0 radical (unpaired) electrons. The molecule has 2 nitrogen and oxygen atoms in total. The average molecular weight is 266 g/mol. The van der Waals surface area contributed by atoms with Gasteiger partial charge in [-0.2, -0.15) is 13.2 Å². The van der Waals surface area contributed by atoms with Gasteiger partial charge in [0.15, 0.2) is 0 Å². The molecule has 0 fully saturated rings. The number of anilines is 1. The lowest BCUT2D eigenvalue weighted by Crippen LogP contribution is -2.11. The quantitative estimate of drug-likeness (QED) is 0.899.